The molecule has 0 bridgehead atoms. The predicted molar refractivity (Wildman–Crippen MR) is 93.3 cm³/mol. The molecule has 0 saturated carbocycles. The molecule has 7 heteroatoms. The number of carbonyl (C=O) groups excluding carboxylic acids is 1. The molecule has 0 aliphatic rings. The number of hydrogen-bond donors (Lipinski definition) is 1. The Morgan fingerprint density at radius 3 is 2.26 bits per heavy atom. The van der Waals surface area contributed by atoms with Gasteiger partial charge in [-0.05, 0) is 31.0 Å². The first-order valence-electron chi connectivity index (χ1n) is 7.75. The summed E-state index contributed by atoms with van der Waals surface area (Å²) in [5.74, 6) is -0.0241. The molecule has 0 saturated heterocycles. The van der Waals surface area contributed by atoms with E-state index in [4.69, 9.17) is 11.6 Å². The minimum Gasteiger partial charge on any atom is -0.349 e. The Bertz CT molecular complexity index is 655. The normalized spacial score (nSPS) is 13.4. The van der Waals surface area contributed by atoms with Gasteiger partial charge in [0.05, 0.1) is 5.02 Å². The van der Waals surface area contributed by atoms with Crippen molar-refractivity contribution in [2.75, 3.05) is 13.1 Å². The van der Waals surface area contributed by atoms with Gasteiger partial charge in [-0.1, -0.05) is 39.3 Å². The lowest BCUT2D eigenvalue weighted by Crippen LogP contribution is -2.36. The van der Waals surface area contributed by atoms with Crippen LogP contribution in [0.2, 0.25) is 5.02 Å². The quantitative estimate of drug-likeness (QED) is 0.812. The van der Waals surface area contributed by atoms with Gasteiger partial charge < -0.3 is 5.32 Å². The number of sulfonamides is 1. The first kappa shape index (κ1) is 19.9. The summed E-state index contributed by atoms with van der Waals surface area (Å²) in [4.78, 5) is 12.3. The second-order valence-corrected chi connectivity index (χ2v) is 8.05. The van der Waals surface area contributed by atoms with E-state index in [1.807, 2.05) is 20.8 Å². The lowest BCUT2D eigenvalue weighted by atomic mass is 10.1. The average molecular weight is 361 g/mol. The second kappa shape index (κ2) is 8.13. The van der Waals surface area contributed by atoms with Gasteiger partial charge in [0.2, 0.25) is 10.0 Å². The minimum absolute atomic E-state index is 0.0129. The molecular formula is C16H25ClN2O3S. The molecule has 1 N–H and O–H groups in total. The zero-order valence-corrected chi connectivity index (χ0v) is 15.8. The van der Waals surface area contributed by atoms with Crippen LogP contribution in [-0.2, 0) is 10.0 Å². The Balaban J connectivity index is 3.21. The number of nitrogens with one attached hydrogen (secondary N) is 1. The van der Waals surface area contributed by atoms with Gasteiger partial charge in [0, 0.05) is 24.7 Å². The van der Waals surface area contributed by atoms with Gasteiger partial charge in [-0.25, -0.2) is 8.42 Å². The van der Waals surface area contributed by atoms with Crippen molar-refractivity contribution in [3.05, 3.63) is 28.8 Å². The third kappa shape index (κ3) is 4.68. The monoisotopic (exact) mass is 360 g/mol. The molecule has 0 aliphatic heterocycles. The molecule has 0 aliphatic carbocycles. The lowest BCUT2D eigenvalue weighted by Gasteiger charge is -2.20. The number of carbonyl (C=O) groups is 1. The fourth-order valence-corrected chi connectivity index (χ4v) is 3.96. The Kier molecular flexibility index (Phi) is 7.04. The fourth-order valence-electron chi connectivity index (χ4n) is 2.00. The van der Waals surface area contributed by atoms with Gasteiger partial charge in [-0.15, -0.1) is 0 Å². The van der Waals surface area contributed by atoms with E-state index in [2.05, 4.69) is 5.32 Å². The number of halogens is 1. The standard InChI is InChI=1S/C16H25ClN2O3S/c1-6-19(7-2)23(21,22)15-10-13(8-9-14(15)17)16(20)18-12(5)11(3)4/h8-12H,6-7H2,1-5H3,(H,18,20). The van der Waals surface area contributed by atoms with Crippen LogP contribution in [0.1, 0.15) is 45.0 Å². The molecule has 0 aromatic heterocycles. The van der Waals surface area contributed by atoms with Gasteiger partial charge >= 0.3 is 0 Å². The molecular weight excluding hydrogens is 336 g/mol. The number of hydrogen-bond acceptors (Lipinski definition) is 3. The van der Waals surface area contributed by atoms with Crippen molar-refractivity contribution in [1.29, 1.82) is 0 Å². The van der Waals surface area contributed by atoms with E-state index in [1.165, 1.54) is 22.5 Å². The number of rotatable bonds is 7. The number of benzene rings is 1. The van der Waals surface area contributed by atoms with Crippen molar-refractivity contribution >= 4 is 27.5 Å². The largest absolute Gasteiger partial charge is 0.349 e. The first-order valence-corrected chi connectivity index (χ1v) is 9.57. The smallest absolute Gasteiger partial charge is 0.251 e. The summed E-state index contributed by atoms with van der Waals surface area (Å²) < 4.78 is 26.6. The molecule has 1 unspecified atom stereocenters. The zero-order valence-electron chi connectivity index (χ0n) is 14.3. The summed E-state index contributed by atoms with van der Waals surface area (Å²) in [5.41, 5.74) is 0.285. The third-order valence-electron chi connectivity index (χ3n) is 3.88. The van der Waals surface area contributed by atoms with Crippen LogP contribution in [0.4, 0.5) is 0 Å². The van der Waals surface area contributed by atoms with Gasteiger partial charge in [0.1, 0.15) is 4.90 Å². The van der Waals surface area contributed by atoms with Crippen molar-refractivity contribution in [2.45, 2.75) is 45.6 Å². The molecule has 1 atom stereocenters. The highest BCUT2D eigenvalue weighted by Crippen LogP contribution is 2.26. The summed E-state index contributed by atoms with van der Waals surface area (Å²) in [6, 6.07) is 4.32. The van der Waals surface area contributed by atoms with Gasteiger partial charge in [-0.3, -0.25) is 4.79 Å². The molecule has 1 amide bonds. The fraction of sp³-hybridized carbons (Fsp3) is 0.562. The third-order valence-corrected chi connectivity index (χ3v) is 6.41. The molecule has 1 aromatic carbocycles. The van der Waals surface area contributed by atoms with Crippen molar-refractivity contribution in [3.63, 3.8) is 0 Å². The maximum atomic E-state index is 12.6. The average Bonchev–Trinajstić information content (AvgIpc) is 2.48. The van der Waals surface area contributed by atoms with Crippen LogP contribution in [0, 0.1) is 5.92 Å². The van der Waals surface area contributed by atoms with Crippen LogP contribution in [0.15, 0.2) is 23.1 Å². The summed E-state index contributed by atoms with van der Waals surface area (Å²) in [6.45, 7) is 10.1. The van der Waals surface area contributed by atoms with Gasteiger partial charge in [-0.2, -0.15) is 4.31 Å². The van der Waals surface area contributed by atoms with E-state index in [-0.39, 0.29) is 33.3 Å². The molecule has 1 aromatic rings. The maximum absolute atomic E-state index is 12.6. The van der Waals surface area contributed by atoms with E-state index in [0.29, 0.717) is 13.1 Å². The van der Waals surface area contributed by atoms with Crippen LogP contribution in [0.3, 0.4) is 0 Å². The Morgan fingerprint density at radius 2 is 1.78 bits per heavy atom. The van der Waals surface area contributed by atoms with Crippen molar-refractivity contribution in [2.24, 2.45) is 5.92 Å². The highest BCUT2D eigenvalue weighted by Gasteiger charge is 2.25. The Hall–Kier alpha value is -1.11. The highest BCUT2D eigenvalue weighted by molar-refractivity contribution is 7.89. The molecule has 0 fully saturated rings. The highest BCUT2D eigenvalue weighted by atomic mass is 35.5. The topological polar surface area (TPSA) is 66.5 Å². The summed E-state index contributed by atoms with van der Waals surface area (Å²) >= 11 is 6.06. The van der Waals surface area contributed by atoms with E-state index < -0.39 is 10.0 Å². The van der Waals surface area contributed by atoms with Crippen molar-refractivity contribution in [3.8, 4) is 0 Å². The summed E-state index contributed by atoms with van der Waals surface area (Å²) in [7, 11) is -3.71. The summed E-state index contributed by atoms with van der Waals surface area (Å²) in [5, 5.41) is 2.98. The zero-order chi connectivity index (χ0) is 17.8. The molecule has 5 nitrogen and oxygen atoms in total. The van der Waals surface area contributed by atoms with E-state index in [9.17, 15) is 13.2 Å². The molecule has 130 valence electrons. The van der Waals surface area contributed by atoms with Crippen LogP contribution in [-0.4, -0.2) is 37.8 Å². The van der Waals surface area contributed by atoms with E-state index >= 15 is 0 Å². The van der Waals surface area contributed by atoms with Crippen LogP contribution < -0.4 is 5.32 Å². The predicted octanol–water partition coefficient (Wildman–Crippen LogP) is 3.14. The molecule has 1 rings (SSSR count). The lowest BCUT2D eigenvalue weighted by molar-refractivity contribution is 0.0930. The van der Waals surface area contributed by atoms with Crippen LogP contribution in [0.5, 0.6) is 0 Å². The summed E-state index contributed by atoms with van der Waals surface area (Å²) in [6.07, 6.45) is 0. The van der Waals surface area contributed by atoms with Crippen LogP contribution in [0.25, 0.3) is 0 Å². The van der Waals surface area contributed by atoms with Crippen LogP contribution >= 0.6 is 11.6 Å². The Morgan fingerprint density at radius 1 is 1.22 bits per heavy atom. The minimum atomic E-state index is -3.71. The SMILES string of the molecule is CCN(CC)S(=O)(=O)c1cc(C(=O)NC(C)C(C)C)ccc1Cl. The van der Waals surface area contributed by atoms with E-state index in [1.54, 1.807) is 13.8 Å². The Labute approximate surface area is 144 Å². The number of amides is 1. The number of nitrogens with zero attached hydrogens (tertiary/aromatic N) is 1. The van der Waals surface area contributed by atoms with Crippen molar-refractivity contribution in [1.82, 2.24) is 9.62 Å². The molecule has 0 heterocycles. The van der Waals surface area contributed by atoms with E-state index in [0.717, 1.165) is 0 Å². The second-order valence-electron chi connectivity index (χ2n) is 5.74. The van der Waals surface area contributed by atoms with Crippen molar-refractivity contribution < 1.29 is 13.2 Å². The molecule has 0 spiro atoms. The molecule has 0 radical (unpaired) electrons. The van der Waals surface area contributed by atoms with Gasteiger partial charge in [0.25, 0.3) is 5.91 Å². The maximum Gasteiger partial charge on any atom is 0.251 e. The van der Waals surface area contributed by atoms with Gasteiger partial charge in [0.15, 0.2) is 0 Å². The molecule has 23 heavy (non-hydrogen) atoms. The first-order chi connectivity index (χ1) is 10.6.